The molecular formula is C21H20N4O. The van der Waals surface area contributed by atoms with Gasteiger partial charge >= 0.3 is 0 Å². The number of anilines is 2. The molecule has 1 aromatic heterocycles. The van der Waals surface area contributed by atoms with Crippen LogP contribution in [0.1, 0.15) is 17.5 Å². The topological polar surface area (TPSA) is 66.9 Å². The Morgan fingerprint density at radius 1 is 1.00 bits per heavy atom. The van der Waals surface area contributed by atoms with Gasteiger partial charge in [-0.3, -0.25) is 4.79 Å². The third-order valence-electron chi connectivity index (χ3n) is 4.49. The van der Waals surface area contributed by atoms with Gasteiger partial charge in [-0.25, -0.2) is 9.97 Å². The van der Waals surface area contributed by atoms with Crippen LogP contribution >= 0.6 is 0 Å². The molecule has 4 rings (SSSR count). The monoisotopic (exact) mass is 344 g/mol. The molecule has 5 heteroatoms. The van der Waals surface area contributed by atoms with Crippen LogP contribution in [-0.2, 0) is 17.6 Å². The first-order valence-electron chi connectivity index (χ1n) is 8.81. The lowest BCUT2D eigenvalue weighted by molar-refractivity contribution is -0.115. The number of carbonyl (C=O) groups is 1. The van der Waals surface area contributed by atoms with E-state index in [4.69, 9.17) is 0 Å². The Kier molecular flexibility index (Phi) is 4.60. The molecule has 0 saturated carbocycles. The average Bonchev–Trinajstić information content (AvgIpc) is 3.06. The number of rotatable bonds is 6. The van der Waals surface area contributed by atoms with E-state index in [-0.39, 0.29) is 5.91 Å². The second-order valence-corrected chi connectivity index (χ2v) is 6.41. The van der Waals surface area contributed by atoms with Gasteiger partial charge in [0.2, 0.25) is 11.9 Å². The highest BCUT2D eigenvalue weighted by molar-refractivity contribution is 5.99. The van der Waals surface area contributed by atoms with E-state index in [2.05, 4.69) is 44.9 Å². The molecule has 3 aromatic rings. The van der Waals surface area contributed by atoms with Gasteiger partial charge in [0.15, 0.2) is 0 Å². The van der Waals surface area contributed by atoms with E-state index in [1.165, 1.54) is 5.56 Å². The quantitative estimate of drug-likeness (QED) is 0.670. The molecule has 1 amide bonds. The smallest absolute Gasteiger partial charge is 0.228 e. The lowest BCUT2D eigenvalue weighted by atomic mass is 10.1. The Bertz CT molecular complexity index is 907. The largest absolute Gasteiger partial charge is 0.354 e. The lowest BCUT2D eigenvalue weighted by Crippen LogP contribution is -2.06. The second-order valence-electron chi connectivity index (χ2n) is 6.41. The number of aryl methyl sites for hydroxylation is 1. The molecule has 0 unspecified atom stereocenters. The summed E-state index contributed by atoms with van der Waals surface area (Å²) in [5.41, 5.74) is 5.20. The number of carbonyl (C=O) groups excluding carboxylic acids is 1. The molecule has 2 heterocycles. The predicted molar refractivity (Wildman–Crippen MR) is 103 cm³/mol. The summed E-state index contributed by atoms with van der Waals surface area (Å²) in [7, 11) is 0. The lowest BCUT2D eigenvalue weighted by Gasteiger charge is -2.07. The van der Waals surface area contributed by atoms with Gasteiger partial charge in [-0.1, -0.05) is 42.5 Å². The molecule has 130 valence electrons. The van der Waals surface area contributed by atoms with Crippen LogP contribution < -0.4 is 10.6 Å². The molecule has 2 N–H and O–H groups in total. The fraction of sp³-hybridized carbons (Fsp3) is 0.190. The zero-order chi connectivity index (χ0) is 17.8. The van der Waals surface area contributed by atoms with Crippen LogP contribution in [0.2, 0.25) is 0 Å². The van der Waals surface area contributed by atoms with Gasteiger partial charge in [0.1, 0.15) is 0 Å². The minimum absolute atomic E-state index is 0.0449. The normalized spacial score (nSPS) is 12.5. The number of nitrogens with one attached hydrogen (secondary N) is 2. The number of amides is 1. The van der Waals surface area contributed by atoms with Crippen molar-refractivity contribution in [1.29, 1.82) is 0 Å². The van der Waals surface area contributed by atoms with E-state index in [1.807, 2.05) is 36.7 Å². The summed E-state index contributed by atoms with van der Waals surface area (Å²) >= 11 is 0. The summed E-state index contributed by atoms with van der Waals surface area (Å²) in [5.74, 6) is 0.680. The Labute approximate surface area is 152 Å². The van der Waals surface area contributed by atoms with Crippen molar-refractivity contribution in [2.75, 3.05) is 17.2 Å². The van der Waals surface area contributed by atoms with E-state index in [1.54, 1.807) is 0 Å². The van der Waals surface area contributed by atoms with Gasteiger partial charge in [-0.2, -0.15) is 0 Å². The molecular weight excluding hydrogens is 324 g/mol. The third-order valence-corrected chi connectivity index (χ3v) is 4.49. The van der Waals surface area contributed by atoms with Crippen LogP contribution in [0, 0.1) is 0 Å². The van der Waals surface area contributed by atoms with Crippen molar-refractivity contribution >= 4 is 17.5 Å². The van der Waals surface area contributed by atoms with Crippen LogP contribution in [0.25, 0.3) is 11.1 Å². The van der Waals surface area contributed by atoms with Crippen LogP contribution in [0.5, 0.6) is 0 Å². The van der Waals surface area contributed by atoms with Crippen molar-refractivity contribution in [3.63, 3.8) is 0 Å². The summed E-state index contributed by atoms with van der Waals surface area (Å²) in [6, 6.07) is 16.4. The molecule has 0 spiro atoms. The highest BCUT2D eigenvalue weighted by atomic mass is 16.1. The maximum atomic E-state index is 11.5. The summed E-state index contributed by atoms with van der Waals surface area (Å²) in [6.45, 7) is 0.832. The molecule has 0 aliphatic carbocycles. The maximum absolute atomic E-state index is 11.5. The van der Waals surface area contributed by atoms with E-state index >= 15 is 0 Å². The van der Waals surface area contributed by atoms with E-state index < -0.39 is 0 Å². The van der Waals surface area contributed by atoms with Crippen molar-refractivity contribution in [3.05, 3.63) is 72.1 Å². The first-order valence-corrected chi connectivity index (χ1v) is 8.81. The molecule has 0 atom stereocenters. The Morgan fingerprint density at radius 3 is 2.62 bits per heavy atom. The summed E-state index contributed by atoms with van der Waals surface area (Å²) in [4.78, 5) is 20.3. The first-order chi connectivity index (χ1) is 12.8. The zero-order valence-electron chi connectivity index (χ0n) is 14.4. The Balaban J connectivity index is 1.34. The highest BCUT2D eigenvalue weighted by Gasteiger charge is 2.17. The van der Waals surface area contributed by atoms with Crippen LogP contribution in [0.15, 0.2) is 60.9 Å². The van der Waals surface area contributed by atoms with Crippen LogP contribution in [0.3, 0.4) is 0 Å². The standard InChI is InChI=1S/C21H20N4O/c26-20-12-17-9-8-16(11-19(17)25-20)18-13-23-21(24-14-18)22-10-4-7-15-5-2-1-3-6-15/h1-3,5-6,8-9,11,13-14H,4,7,10,12H2,(H,25,26)(H,22,23,24). The molecule has 0 fully saturated rings. The summed E-state index contributed by atoms with van der Waals surface area (Å²) in [6.07, 6.45) is 6.14. The number of nitrogens with zero attached hydrogens (tertiary/aromatic N) is 2. The van der Waals surface area contributed by atoms with Crippen LogP contribution in [0.4, 0.5) is 11.6 Å². The number of hydrogen-bond acceptors (Lipinski definition) is 4. The molecule has 5 nitrogen and oxygen atoms in total. The van der Waals surface area contributed by atoms with Gasteiger partial charge < -0.3 is 10.6 Å². The van der Waals surface area contributed by atoms with E-state index in [9.17, 15) is 4.79 Å². The highest BCUT2D eigenvalue weighted by Crippen LogP contribution is 2.28. The number of fused-ring (bicyclic) bond motifs is 1. The maximum Gasteiger partial charge on any atom is 0.228 e. The van der Waals surface area contributed by atoms with Crippen molar-refractivity contribution in [2.45, 2.75) is 19.3 Å². The molecule has 0 radical (unpaired) electrons. The Morgan fingerprint density at radius 2 is 1.81 bits per heavy atom. The van der Waals surface area contributed by atoms with Gasteiger partial charge in [0, 0.05) is 30.2 Å². The SMILES string of the molecule is O=C1Cc2ccc(-c3cnc(NCCCc4ccccc4)nc3)cc2N1. The minimum atomic E-state index is 0.0449. The van der Waals surface area contributed by atoms with E-state index in [0.717, 1.165) is 41.8 Å². The predicted octanol–water partition coefficient (Wildman–Crippen LogP) is 3.68. The van der Waals surface area contributed by atoms with Crippen molar-refractivity contribution < 1.29 is 4.79 Å². The second kappa shape index (κ2) is 7.35. The fourth-order valence-corrected chi connectivity index (χ4v) is 3.10. The van der Waals surface area contributed by atoms with Gasteiger partial charge in [0.25, 0.3) is 0 Å². The fourth-order valence-electron chi connectivity index (χ4n) is 3.10. The molecule has 0 saturated heterocycles. The molecule has 2 aromatic carbocycles. The average molecular weight is 344 g/mol. The number of aromatic nitrogens is 2. The van der Waals surface area contributed by atoms with Crippen LogP contribution in [-0.4, -0.2) is 22.4 Å². The molecule has 1 aliphatic rings. The zero-order valence-corrected chi connectivity index (χ0v) is 14.4. The minimum Gasteiger partial charge on any atom is -0.354 e. The molecule has 0 bridgehead atoms. The van der Waals surface area contributed by atoms with Crippen molar-refractivity contribution in [1.82, 2.24) is 9.97 Å². The van der Waals surface area contributed by atoms with Gasteiger partial charge in [-0.15, -0.1) is 0 Å². The van der Waals surface area contributed by atoms with Crippen molar-refractivity contribution in [3.8, 4) is 11.1 Å². The summed E-state index contributed by atoms with van der Waals surface area (Å²) < 4.78 is 0. The number of benzene rings is 2. The molecule has 26 heavy (non-hydrogen) atoms. The number of hydrogen-bond donors (Lipinski definition) is 2. The van der Waals surface area contributed by atoms with E-state index in [0.29, 0.717) is 12.4 Å². The van der Waals surface area contributed by atoms with Gasteiger partial charge in [-0.05, 0) is 35.6 Å². The molecule has 1 aliphatic heterocycles. The Hall–Kier alpha value is -3.21. The third kappa shape index (κ3) is 3.72. The van der Waals surface area contributed by atoms with Gasteiger partial charge in [0.05, 0.1) is 6.42 Å². The first kappa shape index (κ1) is 16.3. The summed E-state index contributed by atoms with van der Waals surface area (Å²) in [5, 5.41) is 6.14. The van der Waals surface area contributed by atoms with Crippen molar-refractivity contribution in [2.24, 2.45) is 0 Å².